The summed E-state index contributed by atoms with van der Waals surface area (Å²) in [4.78, 5) is 12.2. The maximum atomic E-state index is 12.2. The van der Waals surface area contributed by atoms with Gasteiger partial charge in [-0.3, -0.25) is 4.79 Å². The van der Waals surface area contributed by atoms with Gasteiger partial charge in [0.25, 0.3) is 5.91 Å². The SMILES string of the molecule is CCC(NC(=O)c1ccc(OCC(F)(F)F)c(OC)c1)[C@@H](C)Cl. The van der Waals surface area contributed by atoms with Gasteiger partial charge < -0.3 is 14.8 Å². The van der Waals surface area contributed by atoms with E-state index in [1.54, 1.807) is 6.92 Å². The summed E-state index contributed by atoms with van der Waals surface area (Å²) < 4.78 is 46.2. The van der Waals surface area contributed by atoms with Crippen LogP contribution < -0.4 is 14.8 Å². The van der Waals surface area contributed by atoms with Crippen LogP contribution in [0.15, 0.2) is 18.2 Å². The average Bonchev–Trinajstić information content (AvgIpc) is 2.48. The Balaban J connectivity index is 2.88. The molecule has 1 N–H and O–H groups in total. The molecule has 2 atom stereocenters. The number of methoxy groups -OCH3 is 1. The van der Waals surface area contributed by atoms with Crippen LogP contribution in [0.25, 0.3) is 0 Å². The maximum absolute atomic E-state index is 12.2. The highest BCUT2D eigenvalue weighted by Crippen LogP contribution is 2.29. The Labute approximate surface area is 137 Å². The first-order valence-corrected chi connectivity index (χ1v) is 7.44. The molecule has 23 heavy (non-hydrogen) atoms. The van der Waals surface area contributed by atoms with Gasteiger partial charge in [0.15, 0.2) is 18.1 Å². The summed E-state index contributed by atoms with van der Waals surface area (Å²) in [5, 5.41) is 2.51. The van der Waals surface area contributed by atoms with Gasteiger partial charge in [-0.25, -0.2) is 0 Å². The zero-order chi connectivity index (χ0) is 17.6. The van der Waals surface area contributed by atoms with E-state index in [1.165, 1.54) is 25.3 Å². The first-order valence-electron chi connectivity index (χ1n) is 7.00. The van der Waals surface area contributed by atoms with Gasteiger partial charge in [0.05, 0.1) is 12.5 Å². The van der Waals surface area contributed by atoms with Gasteiger partial charge in [-0.15, -0.1) is 11.6 Å². The molecule has 0 aromatic heterocycles. The van der Waals surface area contributed by atoms with Crippen molar-refractivity contribution in [3.8, 4) is 11.5 Å². The number of hydrogen-bond donors (Lipinski definition) is 1. The van der Waals surface area contributed by atoms with Crippen molar-refractivity contribution in [3.63, 3.8) is 0 Å². The van der Waals surface area contributed by atoms with E-state index >= 15 is 0 Å². The van der Waals surface area contributed by atoms with Crippen LogP contribution in [0.1, 0.15) is 30.6 Å². The third-order valence-electron chi connectivity index (χ3n) is 3.13. The molecule has 0 saturated heterocycles. The molecule has 130 valence electrons. The molecule has 0 aliphatic heterocycles. The number of hydrogen-bond acceptors (Lipinski definition) is 3. The van der Waals surface area contributed by atoms with Gasteiger partial charge in [0.1, 0.15) is 0 Å². The molecule has 0 aliphatic carbocycles. The van der Waals surface area contributed by atoms with Crippen LogP contribution >= 0.6 is 11.6 Å². The first kappa shape index (κ1) is 19.4. The fraction of sp³-hybridized carbons (Fsp3) is 0.533. The van der Waals surface area contributed by atoms with Crippen LogP contribution in [0.5, 0.6) is 11.5 Å². The van der Waals surface area contributed by atoms with Crippen LogP contribution in [0, 0.1) is 0 Å². The summed E-state index contributed by atoms with van der Waals surface area (Å²) in [6.07, 6.45) is -3.80. The minimum Gasteiger partial charge on any atom is -0.493 e. The Hall–Kier alpha value is -1.63. The number of halogens is 4. The molecule has 1 aromatic carbocycles. The van der Waals surface area contributed by atoms with Crippen molar-refractivity contribution in [1.29, 1.82) is 0 Å². The van der Waals surface area contributed by atoms with Crippen LogP contribution in [0.3, 0.4) is 0 Å². The van der Waals surface area contributed by atoms with Crippen molar-refractivity contribution < 1.29 is 27.4 Å². The second-order valence-electron chi connectivity index (χ2n) is 4.94. The summed E-state index contributed by atoms with van der Waals surface area (Å²) >= 11 is 5.98. The standard InChI is InChI=1S/C15H19ClF3NO3/c1-4-11(9(2)16)20-14(21)10-5-6-12(13(7-10)22-3)23-8-15(17,18)19/h5-7,9,11H,4,8H2,1-3H3,(H,20,21)/t9-,11?/m1/s1. The molecule has 0 saturated carbocycles. The van der Waals surface area contributed by atoms with Crippen molar-refractivity contribution in [2.75, 3.05) is 13.7 Å². The third kappa shape index (κ3) is 6.17. The van der Waals surface area contributed by atoms with E-state index in [4.69, 9.17) is 16.3 Å². The number of benzene rings is 1. The molecule has 1 unspecified atom stereocenters. The highest BCUT2D eigenvalue weighted by Gasteiger charge is 2.29. The number of alkyl halides is 4. The van der Waals surface area contributed by atoms with Gasteiger partial charge in [-0.05, 0) is 31.5 Å². The van der Waals surface area contributed by atoms with E-state index in [-0.39, 0.29) is 34.4 Å². The number of carbonyl (C=O) groups excluding carboxylic acids is 1. The van der Waals surface area contributed by atoms with Gasteiger partial charge in [0, 0.05) is 11.6 Å². The predicted molar refractivity (Wildman–Crippen MR) is 81.4 cm³/mol. The first-order chi connectivity index (χ1) is 10.7. The average molecular weight is 354 g/mol. The van der Waals surface area contributed by atoms with Crippen molar-refractivity contribution in [3.05, 3.63) is 23.8 Å². The van der Waals surface area contributed by atoms with E-state index in [0.717, 1.165) is 0 Å². The summed E-state index contributed by atoms with van der Waals surface area (Å²) in [6, 6.07) is 3.75. The largest absolute Gasteiger partial charge is 0.493 e. The molecule has 1 rings (SSSR count). The maximum Gasteiger partial charge on any atom is 0.422 e. The van der Waals surface area contributed by atoms with Crippen LogP contribution in [0.4, 0.5) is 13.2 Å². The Bertz CT molecular complexity index is 535. The molecule has 8 heteroatoms. The number of ether oxygens (including phenoxy) is 2. The van der Waals surface area contributed by atoms with Crippen LogP contribution in [-0.4, -0.2) is 37.2 Å². The molecule has 1 amide bonds. The topological polar surface area (TPSA) is 47.6 Å². The minimum atomic E-state index is -4.45. The third-order valence-corrected chi connectivity index (χ3v) is 3.43. The van der Waals surface area contributed by atoms with Crippen molar-refractivity contribution >= 4 is 17.5 Å². The molecular weight excluding hydrogens is 335 g/mol. The summed E-state index contributed by atoms with van der Waals surface area (Å²) in [7, 11) is 1.28. The number of rotatable bonds is 7. The predicted octanol–water partition coefficient (Wildman–Crippen LogP) is 3.77. The minimum absolute atomic E-state index is 0.0499. The molecule has 0 heterocycles. The zero-order valence-corrected chi connectivity index (χ0v) is 13.8. The molecular formula is C15H19ClF3NO3. The fourth-order valence-electron chi connectivity index (χ4n) is 1.88. The lowest BCUT2D eigenvalue weighted by atomic mass is 10.1. The van der Waals surface area contributed by atoms with E-state index in [2.05, 4.69) is 10.1 Å². The number of carbonyl (C=O) groups is 1. The highest BCUT2D eigenvalue weighted by molar-refractivity contribution is 6.21. The Morgan fingerprint density at radius 3 is 2.48 bits per heavy atom. The van der Waals surface area contributed by atoms with Crippen LogP contribution in [-0.2, 0) is 0 Å². The fourth-order valence-corrected chi connectivity index (χ4v) is 2.12. The highest BCUT2D eigenvalue weighted by atomic mass is 35.5. The molecule has 1 aromatic rings. The van der Waals surface area contributed by atoms with Crippen LogP contribution in [0.2, 0.25) is 0 Å². The zero-order valence-electron chi connectivity index (χ0n) is 13.0. The molecule has 4 nitrogen and oxygen atoms in total. The lowest BCUT2D eigenvalue weighted by molar-refractivity contribution is -0.153. The lowest BCUT2D eigenvalue weighted by Crippen LogP contribution is -2.39. The number of nitrogens with one attached hydrogen (secondary N) is 1. The Kier molecular flexibility index (Phi) is 7.00. The van der Waals surface area contributed by atoms with Crippen molar-refractivity contribution in [1.82, 2.24) is 5.32 Å². The van der Waals surface area contributed by atoms with E-state index in [0.29, 0.717) is 6.42 Å². The van der Waals surface area contributed by atoms with E-state index in [9.17, 15) is 18.0 Å². The van der Waals surface area contributed by atoms with E-state index < -0.39 is 12.8 Å². The summed E-state index contributed by atoms with van der Waals surface area (Å²) in [6.45, 7) is 2.22. The normalized spacial score (nSPS) is 14.0. The molecule has 0 radical (unpaired) electrons. The Morgan fingerprint density at radius 2 is 2.00 bits per heavy atom. The smallest absolute Gasteiger partial charge is 0.422 e. The lowest BCUT2D eigenvalue weighted by Gasteiger charge is -2.19. The molecule has 0 bridgehead atoms. The summed E-state index contributed by atoms with van der Waals surface area (Å²) in [5.41, 5.74) is 0.247. The second-order valence-corrected chi connectivity index (χ2v) is 5.62. The van der Waals surface area contributed by atoms with Gasteiger partial charge in [-0.2, -0.15) is 13.2 Å². The molecule has 0 spiro atoms. The Morgan fingerprint density at radius 1 is 1.35 bits per heavy atom. The summed E-state index contributed by atoms with van der Waals surface area (Å²) in [5.74, 6) is -0.419. The van der Waals surface area contributed by atoms with Gasteiger partial charge in [-0.1, -0.05) is 6.92 Å². The van der Waals surface area contributed by atoms with Gasteiger partial charge in [0.2, 0.25) is 0 Å². The monoisotopic (exact) mass is 353 g/mol. The quantitative estimate of drug-likeness (QED) is 0.759. The van der Waals surface area contributed by atoms with Crippen molar-refractivity contribution in [2.45, 2.75) is 37.9 Å². The van der Waals surface area contributed by atoms with E-state index in [1.807, 2.05) is 6.92 Å². The second kappa shape index (κ2) is 8.29. The number of amides is 1. The van der Waals surface area contributed by atoms with Crippen molar-refractivity contribution in [2.24, 2.45) is 0 Å². The molecule has 0 fully saturated rings. The van der Waals surface area contributed by atoms with Gasteiger partial charge >= 0.3 is 6.18 Å². The molecule has 0 aliphatic rings.